The number of nitrogens with zero attached hydrogens (tertiary/aromatic N) is 2. The van der Waals surface area contributed by atoms with E-state index in [2.05, 4.69) is 119 Å². The zero-order valence-corrected chi connectivity index (χ0v) is 15.7. The molecule has 1 N–H and O–H groups in total. The number of nitrogens with one attached hydrogen (secondary N) is 1. The fourth-order valence-electron chi connectivity index (χ4n) is 3.77. The number of para-hydroxylation sites is 4. The number of aromatic nitrogens is 1. The molecule has 0 atom stereocenters. The van der Waals surface area contributed by atoms with E-state index < -0.39 is 0 Å². The maximum absolute atomic E-state index is 3.67. The number of aryl methyl sites for hydroxylation is 1. The Morgan fingerprint density at radius 3 is 1.79 bits per heavy atom. The van der Waals surface area contributed by atoms with E-state index in [0.29, 0.717) is 0 Å². The van der Waals surface area contributed by atoms with Crippen LogP contribution in [-0.2, 0) is 0 Å². The third kappa shape index (κ3) is 2.69. The van der Waals surface area contributed by atoms with Gasteiger partial charge in [-0.05, 0) is 42.8 Å². The van der Waals surface area contributed by atoms with Crippen LogP contribution in [0.3, 0.4) is 0 Å². The molecule has 0 radical (unpaired) electrons. The molecule has 3 nitrogen and oxygen atoms in total. The highest BCUT2D eigenvalue weighted by Gasteiger charge is 2.15. The van der Waals surface area contributed by atoms with Crippen LogP contribution in [0.2, 0.25) is 0 Å². The molecule has 0 aliphatic rings. The van der Waals surface area contributed by atoms with Gasteiger partial charge in [-0.1, -0.05) is 72.8 Å². The van der Waals surface area contributed by atoms with Crippen LogP contribution in [0.25, 0.3) is 21.8 Å². The van der Waals surface area contributed by atoms with Crippen LogP contribution in [0.4, 0.5) is 11.4 Å². The van der Waals surface area contributed by atoms with Gasteiger partial charge in [0.2, 0.25) is 0 Å². The zero-order chi connectivity index (χ0) is 18.9. The predicted octanol–water partition coefficient (Wildman–Crippen LogP) is 6.40. The van der Waals surface area contributed by atoms with E-state index in [1.807, 2.05) is 6.07 Å². The van der Waals surface area contributed by atoms with Gasteiger partial charge in [0.15, 0.2) is 0 Å². The Balaban J connectivity index is 1.73. The molecule has 0 saturated heterocycles. The SMILES string of the molecule is Cc1ccccc1N(Nn1c2ccccc2c2ccccc21)c1ccccc1. The van der Waals surface area contributed by atoms with E-state index in [4.69, 9.17) is 0 Å². The van der Waals surface area contributed by atoms with Gasteiger partial charge in [-0.15, -0.1) is 0 Å². The lowest BCUT2D eigenvalue weighted by Gasteiger charge is -2.29. The molecule has 0 unspecified atom stereocenters. The van der Waals surface area contributed by atoms with Crippen LogP contribution in [0.1, 0.15) is 5.56 Å². The van der Waals surface area contributed by atoms with E-state index in [1.54, 1.807) is 0 Å². The minimum absolute atomic E-state index is 1.08. The van der Waals surface area contributed by atoms with Crippen molar-refractivity contribution in [3.63, 3.8) is 0 Å². The normalized spacial score (nSPS) is 11.0. The molecule has 0 spiro atoms. The van der Waals surface area contributed by atoms with Crippen LogP contribution < -0.4 is 10.5 Å². The molecule has 5 rings (SSSR count). The van der Waals surface area contributed by atoms with Crippen molar-refractivity contribution in [1.29, 1.82) is 0 Å². The summed E-state index contributed by atoms with van der Waals surface area (Å²) in [6, 6.07) is 35.9. The summed E-state index contributed by atoms with van der Waals surface area (Å²) in [6.45, 7) is 2.14. The highest BCUT2D eigenvalue weighted by atomic mass is 15.7. The summed E-state index contributed by atoms with van der Waals surface area (Å²) in [5, 5.41) is 4.63. The van der Waals surface area contributed by atoms with Gasteiger partial charge in [0, 0.05) is 10.8 Å². The van der Waals surface area contributed by atoms with Crippen molar-refractivity contribution in [2.75, 3.05) is 10.5 Å². The van der Waals surface area contributed by atoms with Crippen LogP contribution in [-0.4, -0.2) is 4.68 Å². The number of hydrogen-bond acceptors (Lipinski definition) is 2. The second kappa shape index (κ2) is 6.78. The first-order valence-corrected chi connectivity index (χ1v) is 9.48. The first-order valence-electron chi connectivity index (χ1n) is 9.48. The van der Waals surface area contributed by atoms with Crippen molar-refractivity contribution < 1.29 is 0 Å². The van der Waals surface area contributed by atoms with E-state index in [9.17, 15) is 0 Å². The van der Waals surface area contributed by atoms with E-state index in [0.717, 1.165) is 22.4 Å². The maximum Gasteiger partial charge on any atom is 0.0725 e. The number of hydrazine groups is 1. The van der Waals surface area contributed by atoms with E-state index in [-0.39, 0.29) is 0 Å². The largest absolute Gasteiger partial charge is 0.241 e. The first-order chi connectivity index (χ1) is 13.8. The molecule has 0 amide bonds. The van der Waals surface area contributed by atoms with Crippen molar-refractivity contribution in [3.05, 3.63) is 109 Å². The summed E-state index contributed by atoms with van der Waals surface area (Å²) in [5.41, 5.74) is 9.38. The molecular formula is C25H21N3. The second-order valence-electron chi connectivity index (χ2n) is 6.93. The maximum atomic E-state index is 3.67. The lowest BCUT2D eigenvalue weighted by molar-refractivity contribution is 0.908. The molecule has 136 valence electrons. The number of rotatable bonds is 4. The Kier molecular flexibility index (Phi) is 3.99. The van der Waals surface area contributed by atoms with Gasteiger partial charge < -0.3 is 0 Å². The molecule has 3 heteroatoms. The van der Waals surface area contributed by atoms with Crippen LogP contribution in [0.15, 0.2) is 103 Å². The zero-order valence-electron chi connectivity index (χ0n) is 15.7. The summed E-state index contributed by atoms with van der Waals surface area (Å²) < 4.78 is 2.17. The quantitative estimate of drug-likeness (QED) is 0.373. The molecule has 5 aromatic rings. The highest BCUT2D eigenvalue weighted by Crippen LogP contribution is 2.31. The number of anilines is 2. The van der Waals surface area contributed by atoms with Crippen molar-refractivity contribution in [1.82, 2.24) is 4.68 Å². The Bertz CT molecular complexity index is 1200. The van der Waals surface area contributed by atoms with Gasteiger partial charge in [-0.2, -0.15) is 0 Å². The van der Waals surface area contributed by atoms with Gasteiger partial charge in [0.1, 0.15) is 0 Å². The predicted molar refractivity (Wildman–Crippen MR) is 119 cm³/mol. The molecular weight excluding hydrogens is 342 g/mol. The first kappa shape index (κ1) is 16.5. The molecule has 0 aliphatic carbocycles. The lowest BCUT2D eigenvalue weighted by Crippen LogP contribution is -2.32. The van der Waals surface area contributed by atoms with Crippen molar-refractivity contribution in [2.45, 2.75) is 6.92 Å². The molecule has 1 aromatic heterocycles. The summed E-state index contributed by atoms with van der Waals surface area (Å²) in [7, 11) is 0. The molecule has 28 heavy (non-hydrogen) atoms. The summed E-state index contributed by atoms with van der Waals surface area (Å²) in [5.74, 6) is 0. The average molecular weight is 363 g/mol. The van der Waals surface area contributed by atoms with Crippen LogP contribution in [0, 0.1) is 6.92 Å². The molecule has 0 aliphatic heterocycles. The third-order valence-corrected chi connectivity index (χ3v) is 5.15. The minimum atomic E-state index is 1.08. The molecule has 0 saturated carbocycles. The van der Waals surface area contributed by atoms with E-state index in [1.165, 1.54) is 16.3 Å². The average Bonchev–Trinajstić information content (AvgIpc) is 3.07. The summed E-state index contributed by atoms with van der Waals surface area (Å²) in [4.78, 5) is 0. The number of benzene rings is 4. The Morgan fingerprint density at radius 2 is 1.14 bits per heavy atom. The molecule has 0 fully saturated rings. The Labute approximate surface area is 164 Å². The summed E-state index contributed by atoms with van der Waals surface area (Å²) >= 11 is 0. The minimum Gasteiger partial charge on any atom is -0.241 e. The third-order valence-electron chi connectivity index (χ3n) is 5.15. The van der Waals surface area contributed by atoms with Gasteiger partial charge >= 0.3 is 0 Å². The molecule has 0 bridgehead atoms. The Hall–Kier alpha value is -3.72. The van der Waals surface area contributed by atoms with Crippen molar-refractivity contribution in [3.8, 4) is 0 Å². The summed E-state index contributed by atoms with van der Waals surface area (Å²) in [6.07, 6.45) is 0. The number of hydrogen-bond donors (Lipinski definition) is 1. The highest BCUT2D eigenvalue weighted by molar-refractivity contribution is 6.08. The monoisotopic (exact) mass is 363 g/mol. The van der Waals surface area contributed by atoms with Crippen molar-refractivity contribution in [2.24, 2.45) is 0 Å². The van der Waals surface area contributed by atoms with Gasteiger partial charge in [0.25, 0.3) is 0 Å². The molecule has 1 heterocycles. The van der Waals surface area contributed by atoms with Gasteiger partial charge in [-0.25, -0.2) is 15.2 Å². The van der Waals surface area contributed by atoms with Crippen LogP contribution >= 0.6 is 0 Å². The van der Waals surface area contributed by atoms with Crippen LogP contribution in [0.5, 0.6) is 0 Å². The lowest BCUT2D eigenvalue weighted by atomic mass is 10.2. The second-order valence-corrected chi connectivity index (χ2v) is 6.93. The smallest absolute Gasteiger partial charge is 0.0725 e. The fourth-order valence-corrected chi connectivity index (χ4v) is 3.77. The topological polar surface area (TPSA) is 20.2 Å². The standard InChI is InChI=1S/C25H21N3/c1-19-11-5-8-16-23(19)27(20-12-3-2-4-13-20)26-28-24-17-9-6-14-21(24)22-15-7-10-18-25(22)28/h2-18,26H,1H3. The van der Waals surface area contributed by atoms with Gasteiger partial charge in [-0.3, -0.25) is 0 Å². The Morgan fingerprint density at radius 1 is 0.607 bits per heavy atom. The molecule has 4 aromatic carbocycles. The fraction of sp³-hybridized carbons (Fsp3) is 0.0400. The van der Waals surface area contributed by atoms with E-state index >= 15 is 0 Å². The van der Waals surface area contributed by atoms with Gasteiger partial charge in [0.05, 0.1) is 22.4 Å². The number of fused-ring (bicyclic) bond motifs is 3. The van der Waals surface area contributed by atoms with Crippen molar-refractivity contribution >= 4 is 33.2 Å².